The molecule has 2 heterocycles. The molecule has 2 rings (SSSR count). The third kappa shape index (κ3) is 2.28. The molecule has 4 nitrogen and oxygen atoms in total. The summed E-state index contributed by atoms with van der Waals surface area (Å²) < 4.78 is 0.950. The molecule has 2 N–H and O–H groups in total. The molecule has 0 spiro atoms. The summed E-state index contributed by atoms with van der Waals surface area (Å²) in [5.41, 5.74) is 6.38. The first-order valence-corrected chi connectivity index (χ1v) is 5.66. The molecule has 0 bridgehead atoms. The molecule has 72 valence electrons. The molecule has 0 unspecified atom stereocenters. The predicted octanol–water partition coefficient (Wildman–Crippen LogP) is 1.54. The van der Waals surface area contributed by atoms with Crippen LogP contribution in [-0.4, -0.2) is 15.0 Å². The molecule has 14 heavy (non-hydrogen) atoms. The molecule has 0 aliphatic carbocycles. The molecule has 0 aliphatic heterocycles. The van der Waals surface area contributed by atoms with Crippen molar-refractivity contribution in [3.8, 4) is 0 Å². The minimum absolute atomic E-state index is 0.474. The summed E-state index contributed by atoms with van der Waals surface area (Å²) in [6.07, 6.45) is 5.24. The topological polar surface area (TPSA) is 64.7 Å². The van der Waals surface area contributed by atoms with Gasteiger partial charge >= 0.3 is 0 Å². The molecule has 0 saturated heterocycles. The second kappa shape index (κ2) is 4.50. The van der Waals surface area contributed by atoms with Gasteiger partial charge in [-0.3, -0.25) is 0 Å². The maximum atomic E-state index is 5.44. The third-order valence-corrected chi connectivity index (χ3v) is 3.28. The highest BCUT2D eigenvalue weighted by atomic mass is 32.2. The van der Waals surface area contributed by atoms with Crippen molar-refractivity contribution >= 4 is 23.1 Å². The minimum atomic E-state index is 0.474. The fraction of sp³-hybridized carbons (Fsp3) is 0.125. The number of aromatic nitrogens is 3. The highest BCUT2D eigenvalue weighted by molar-refractivity contribution is 8.00. The Labute approximate surface area is 89.6 Å². The van der Waals surface area contributed by atoms with Crippen LogP contribution in [0.2, 0.25) is 0 Å². The monoisotopic (exact) mass is 224 g/mol. The summed E-state index contributed by atoms with van der Waals surface area (Å²) in [6, 6.07) is 0. The Morgan fingerprint density at radius 3 is 2.64 bits per heavy atom. The molecule has 0 amide bonds. The van der Waals surface area contributed by atoms with Gasteiger partial charge in [-0.15, -0.1) is 11.3 Å². The lowest BCUT2D eigenvalue weighted by atomic mass is 10.4. The first-order chi connectivity index (χ1) is 6.88. The van der Waals surface area contributed by atoms with E-state index in [2.05, 4.69) is 15.0 Å². The summed E-state index contributed by atoms with van der Waals surface area (Å²) in [6.45, 7) is 0.474. The lowest BCUT2D eigenvalue weighted by molar-refractivity contribution is 0.913. The zero-order chi connectivity index (χ0) is 9.80. The van der Waals surface area contributed by atoms with Crippen molar-refractivity contribution in [2.45, 2.75) is 16.0 Å². The summed E-state index contributed by atoms with van der Waals surface area (Å²) >= 11 is 3.03. The van der Waals surface area contributed by atoms with Crippen molar-refractivity contribution in [2.24, 2.45) is 5.73 Å². The molecule has 0 aliphatic rings. The van der Waals surface area contributed by atoms with E-state index in [0.29, 0.717) is 11.7 Å². The predicted molar refractivity (Wildman–Crippen MR) is 56.2 cm³/mol. The van der Waals surface area contributed by atoms with Crippen LogP contribution in [-0.2, 0) is 6.54 Å². The number of hydrogen-bond donors (Lipinski definition) is 1. The average molecular weight is 224 g/mol. The Morgan fingerprint density at radius 2 is 2.07 bits per heavy atom. The van der Waals surface area contributed by atoms with Crippen molar-refractivity contribution in [3.05, 3.63) is 29.5 Å². The van der Waals surface area contributed by atoms with E-state index in [1.807, 2.05) is 5.38 Å². The van der Waals surface area contributed by atoms with E-state index in [-0.39, 0.29) is 0 Å². The Kier molecular flexibility index (Phi) is 3.07. The Hall–Kier alpha value is -0.980. The van der Waals surface area contributed by atoms with Gasteiger partial charge < -0.3 is 5.73 Å². The highest BCUT2D eigenvalue weighted by Gasteiger charge is 2.01. The van der Waals surface area contributed by atoms with Gasteiger partial charge in [0.05, 0.1) is 0 Å². The van der Waals surface area contributed by atoms with Crippen molar-refractivity contribution in [1.29, 1.82) is 0 Å². The normalized spacial score (nSPS) is 10.4. The zero-order valence-corrected chi connectivity index (χ0v) is 8.88. The maximum Gasteiger partial charge on any atom is 0.194 e. The fourth-order valence-electron chi connectivity index (χ4n) is 0.840. The largest absolute Gasteiger partial charge is 0.326 e. The molecular weight excluding hydrogens is 216 g/mol. The minimum Gasteiger partial charge on any atom is -0.326 e. The summed E-state index contributed by atoms with van der Waals surface area (Å²) in [5.74, 6) is 0. The van der Waals surface area contributed by atoms with Crippen LogP contribution in [0.4, 0.5) is 0 Å². The fourth-order valence-corrected chi connectivity index (χ4v) is 2.26. The van der Waals surface area contributed by atoms with Crippen LogP contribution in [0.1, 0.15) is 5.56 Å². The Morgan fingerprint density at radius 1 is 1.29 bits per heavy atom. The van der Waals surface area contributed by atoms with Gasteiger partial charge in [0.25, 0.3) is 0 Å². The van der Waals surface area contributed by atoms with Crippen molar-refractivity contribution in [3.63, 3.8) is 0 Å². The van der Waals surface area contributed by atoms with Gasteiger partial charge in [0.2, 0.25) is 0 Å². The van der Waals surface area contributed by atoms with Crippen molar-refractivity contribution in [1.82, 2.24) is 15.0 Å². The average Bonchev–Trinajstić information content (AvgIpc) is 2.72. The molecule has 6 heteroatoms. The Balaban J connectivity index is 2.10. The quantitative estimate of drug-likeness (QED) is 0.801. The second-order valence-electron chi connectivity index (χ2n) is 2.48. The highest BCUT2D eigenvalue weighted by Crippen LogP contribution is 2.25. The summed E-state index contributed by atoms with van der Waals surface area (Å²) in [5, 5.41) is 2.63. The first kappa shape index (κ1) is 9.57. The lowest BCUT2D eigenvalue weighted by Gasteiger charge is -1.97. The van der Waals surface area contributed by atoms with Crippen LogP contribution < -0.4 is 5.73 Å². The van der Waals surface area contributed by atoms with E-state index in [0.717, 1.165) is 9.90 Å². The number of hydrogen-bond acceptors (Lipinski definition) is 6. The van der Waals surface area contributed by atoms with Gasteiger partial charge in [0.1, 0.15) is 0 Å². The van der Waals surface area contributed by atoms with E-state index in [1.165, 1.54) is 11.8 Å². The van der Waals surface area contributed by atoms with E-state index >= 15 is 0 Å². The van der Waals surface area contributed by atoms with Gasteiger partial charge in [0.15, 0.2) is 9.50 Å². The van der Waals surface area contributed by atoms with Crippen LogP contribution >= 0.6 is 23.1 Å². The van der Waals surface area contributed by atoms with E-state index < -0.39 is 0 Å². The van der Waals surface area contributed by atoms with Crippen LogP contribution in [0.5, 0.6) is 0 Å². The van der Waals surface area contributed by atoms with Crippen molar-refractivity contribution in [2.75, 3.05) is 0 Å². The number of rotatable bonds is 3. The number of thiazole rings is 1. The SMILES string of the molecule is NCc1cnc(Sc2nccs2)nc1. The molecular formula is C8H8N4S2. The molecule has 0 atom stereocenters. The van der Waals surface area contributed by atoms with Gasteiger partial charge in [-0.1, -0.05) is 0 Å². The first-order valence-electron chi connectivity index (χ1n) is 3.97. The summed E-state index contributed by atoms with van der Waals surface area (Å²) in [4.78, 5) is 12.5. The van der Waals surface area contributed by atoms with Crippen molar-refractivity contribution < 1.29 is 0 Å². The van der Waals surface area contributed by atoms with Crippen LogP contribution in [0, 0.1) is 0 Å². The van der Waals surface area contributed by atoms with Gasteiger partial charge in [0, 0.05) is 36.1 Å². The third-order valence-electron chi connectivity index (χ3n) is 1.51. The lowest BCUT2D eigenvalue weighted by Crippen LogP contribution is -1.98. The van der Waals surface area contributed by atoms with E-state index in [1.54, 1.807) is 29.9 Å². The van der Waals surface area contributed by atoms with Crippen LogP contribution in [0.3, 0.4) is 0 Å². The zero-order valence-electron chi connectivity index (χ0n) is 7.25. The van der Waals surface area contributed by atoms with Gasteiger partial charge in [-0.05, 0) is 11.8 Å². The molecule has 0 fully saturated rings. The van der Waals surface area contributed by atoms with Gasteiger partial charge in [-0.25, -0.2) is 15.0 Å². The molecule has 2 aromatic heterocycles. The van der Waals surface area contributed by atoms with Crippen LogP contribution in [0.25, 0.3) is 0 Å². The molecule has 0 radical (unpaired) electrons. The number of nitrogens with zero attached hydrogens (tertiary/aromatic N) is 3. The Bertz CT molecular complexity index is 384. The smallest absolute Gasteiger partial charge is 0.194 e. The second-order valence-corrected chi connectivity index (χ2v) is 4.59. The van der Waals surface area contributed by atoms with Crippen LogP contribution in [0.15, 0.2) is 33.5 Å². The van der Waals surface area contributed by atoms with Gasteiger partial charge in [-0.2, -0.15) is 0 Å². The number of nitrogens with two attached hydrogens (primary N) is 1. The molecule has 2 aromatic rings. The summed E-state index contributed by atoms with van der Waals surface area (Å²) in [7, 11) is 0. The molecule has 0 saturated carbocycles. The van der Waals surface area contributed by atoms with E-state index in [9.17, 15) is 0 Å². The van der Waals surface area contributed by atoms with E-state index in [4.69, 9.17) is 5.73 Å². The maximum absolute atomic E-state index is 5.44. The standard InChI is InChI=1S/C8H8N4S2/c9-3-6-4-11-7(12-5-6)14-8-10-1-2-13-8/h1-2,4-5H,3,9H2. The molecule has 0 aromatic carbocycles.